The minimum absolute atomic E-state index is 0.0708. The molecule has 5 rings (SSSR count). The number of rotatable bonds is 6. The van der Waals surface area contributed by atoms with Crippen molar-refractivity contribution < 1.29 is 5.11 Å². The van der Waals surface area contributed by atoms with Crippen LogP contribution in [0.3, 0.4) is 0 Å². The zero-order chi connectivity index (χ0) is 22.2. The van der Waals surface area contributed by atoms with Gasteiger partial charge in [-0.2, -0.15) is 0 Å². The summed E-state index contributed by atoms with van der Waals surface area (Å²) in [7, 11) is 0. The Morgan fingerprint density at radius 2 is 1.48 bits per heavy atom. The summed E-state index contributed by atoms with van der Waals surface area (Å²) in [6, 6.07) is 0. The van der Waals surface area contributed by atoms with Crippen LogP contribution in [0.2, 0.25) is 0 Å². The van der Waals surface area contributed by atoms with Crippen molar-refractivity contribution in [2.45, 2.75) is 131 Å². The first-order chi connectivity index (χ1) is 14.6. The van der Waals surface area contributed by atoms with Gasteiger partial charge in [0.2, 0.25) is 0 Å². The lowest BCUT2D eigenvalue weighted by molar-refractivity contribution is -0.133. The van der Waals surface area contributed by atoms with Crippen LogP contribution in [0, 0.1) is 57.2 Å². The topological polar surface area (TPSA) is 20.2 Å². The minimum atomic E-state index is -0.0708. The molecule has 0 saturated heterocycles. The average molecular weight is 429 g/mol. The Morgan fingerprint density at radius 3 is 2.23 bits per heavy atom. The van der Waals surface area contributed by atoms with Crippen molar-refractivity contribution >= 4 is 0 Å². The van der Waals surface area contributed by atoms with E-state index in [-0.39, 0.29) is 11.5 Å². The van der Waals surface area contributed by atoms with E-state index < -0.39 is 0 Å². The Morgan fingerprint density at radius 1 is 0.774 bits per heavy atom. The first-order valence-electron chi connectivity index (χ1n) is 14.3. The largest absolute Gasteiger partial charge is 0.393 e. The second kappa shape index (κ2) is 7.48. The van der Waals surface area contributed by atoms with E-state index in [2.05, 4.69) is 41.5 Å². The predicted octanol–water partition coefficient (Wildman–Crippen LogP) is 8.25. The van der Waals surface area contributed by atoms with Crippen LogP contribution >= 0.6 is 0 Å². The Labute approximate surface area is 193 Å². The molecule has 1 nitrogen and oxygen atoms in total. The molecule has 5 aliphatic carbocycles. The van der Waals surface area contributed by atoms with Crippen LogP contribution in [0.1, 0.15) is 125 Å². The van der Waals surface area contributed by atoms with Gasteiger partial charge in [-0.25, -0.2) is 0 Å². The molecule has 0 bridgehead atoms. The highest BCUT2D eigenvalue weighted by atomic mass is 16.3. The van der Waals surface area contributed by atoms with Crippen LogP contribution in [-0.2, 0) is 0 Å². The third kappa shape index (κ3) is 3.10. The molecular formula is C30H52O. The first kappa shape index (κ1) is 22.7. The zero-order valence-electron chi connectivity index (χ0n) is 21.7. The number of hydrogen-bond donors (Lipinski definition) is 1. The summed E-state index contributed by atoms with van der Waals surface area (Å²) in [4.78, 5) is 0. The van der Waals surface area contributed by atoms with Crippen molar-refractivity contribution in [1.82, 2.24) is 0 Å². The fraction of sp³-hybridized carbons (Fsp3) is 1.00. The molecule has 0 amide bonds. The van der Waals surface area contributed by atoms with Crippen LogP contribution in [-0.4, -0.2) is 11.2 Å². The average Bonchev–Trinajstić information content (AvgIpc) is 3.25. The molecule has 178 valence electrons. The summed E-state index contributed by atoms with van der Waals surface area (Å²) < 4.78 is 0. The van der Waals surface area contributed by atoms with Gasteiger partial charge in [0.15, 0.2) is 0 Å². The van der Waals surface area contributed by atoms with Crippen LogP contribution in [0.5, 0.6) is 0 Å². The van der Waals surface area contributed by atoms with Gasteiger partial charge in [0.25, 0.3) is 0 Å². The summed E-state index contributed by atoms with van der Waals surface area (Å²) in [5.74, 6) is 5.55. The van der Waals surface area contributed by atoms with Gasteiger partial charge >= 0.3 is 0 Å². The van der Waals surface area contributed by atoms with Crippen LogP contribution in [0.4, 0.5) is 0 Å². The van der Waals surface area contributed by atoms with Crippen molar-refractivity contribution in [2.24, 2.45) is 57.2 Å². The number of aliphatic hydroxyl groups excluding tert-OH is 1. The van der Waals surface area contributed by atoms with Gasteiger partial charge in [-0.15, -0.1) is 0 Å². The number of unbranched alkanes of at least 4 members (excludes halogenated alkanes) is 1. The smallest absolute Gasteiger partial charge is 0.0594 e. The fourth-order valence-electron chi connectivity index (χ4n) is 11.1. The number of aliphatic hydroxyl groups is 1. The normalized spacial score (nSPS) is 50.9. The van der Waals surface area contributed by atoms with E-state index in [0.29, 0.717) is 16.2 Å². The first-order valence-corrected chi connectivity index (χ1v) is 14.3. The van der Waals surface area contributed by atoms with Crippen molar-refractivity contribution in [3.8, 4) is 0 Å². The third-order valence-corrected chi connectivity index (χ3v) is 12.7. The molecule has 1 N–H and O–H groups in total. The second-order valence-corrected chi connectivity index (χ2v) is 14.6. The lowest BCUT2D eigenvalue weighted by Crippen LogP contribution is -2.54. The molecule has 5 aliphatic rings. The van der Waals surface area contributed by atoms with Gasteiger partial charge in [-0.05, 0) is 115 Å². The lowest BCUT2D eigenvalue weighted by Gasteiger charge is -2.59. The standard InChI is InChI=1S/C30H52O/c1-20(2)9-7-8-10-21(3)22-11-12-23-24-13-14-25-27(4,5)26(31)15-16-30(25)19-29(24,30)18-17-28(22,23)6/h20-26,31H,7-19H2,1-6H3. The van der Waals surface area contributed by atoms with Gasteiger partial charge < -0.3 is 5.11 Å². The van der Waals surface area contributed by atoms with E-state index in [1.54, 1.807) is 0 Å². The Balaban J connectivity index is 1.30. The molecule has 9 unspecified atom stereocenters. The SMILES string of the molecule is CC(C)CCCCC(C)C1CCC2C3CCC4C(C)(C)C(O)CCC45CC35CCC12C. The lowest BCUT2D eigenvalue weighted by atomic mass is 9.46. The van der Waals surface area contributed by atoms with Crippen LogP contribution in [0.25, 0.3) is 0 Å². The van der Waals surface area contributed by atoms with E-state index in [1.807, 2.05) is 0 Å². The summed E-state index contributed by atoms with van der Waals surface area (Å²) in [5.41, 5.74) is 2.04. The predicted molar refractivity (Wildman–Crippen MR) is 131 cm³/mol. The van der Waals surface area contributed by atoms with Crippen LogP contribution < -0.4 is 0 Å². The number of fused-ring (bicyclic) bond motifs is 2. The molecule has 0 aromatic carbocycles. The van der Waals surface area contributed by atoms with Crippen LogP contribution in [0.15, 0.2) is 0 Å². The zero-order valence-corrected chi connectivity index (χ0v) is 21.7. The fourth-order valence-corrected chi connectivity index (χ4v) is 11.1. The van der Waals surface area contributed by atoms with Gasteiger partial charge in [-0.1, -0.05) is 67.2 Å². The molecular weight excluding hydrogens is 376 g/mol. The molecule has 0 radical (unpaired) electrons. The Hall–Kier alpha value is -0.0400. The van der Waals surface area contributed by atoms with E-state index in [1.165, 1.54) is 77.0 Å². The quantitative estimate of drug-likeness (QED) is 0.422. The van der Waals surface area contributed by atoms with Gasteiger partial charge in [0.1, 0.15) is 0 Å². The summed E-state index contributed by atoms with van der Waals surface area (Å²) >= 11 is 0. The maximum Gasteiger partial charge on any atom is 0.0594 e. The van der Waals surface area contributed by atoms with Gasteiger partial charge in [-0.3, -0.25) is 0 Å². The highest BCUT2D eigenvalue weighted by Gasteiger charge is 2.80. The summed E-state index contributed by atoms with van der Waals surface area (Å²) in [5, 5.41) is 10.8. The minimum Gasteiger partial charge on any atom is -0.393 e. The highest BCUT2D eigenvalue weighted by Crippen LogP contribution is 2.87. The monoisotopic (exact) mass is 428 g/mol. The van der Waals surface area contributed by atoms with E-state index in [9.17, 15) is 5.11 Å². The Bertz CT molecular complexity index is 680. The molecule has 0 aromatic rings. The van der Waals surface area contributed by atoms with E-state index >= 15 is 0 Å². The molecule has 0 aromatic heterocycles. The summed E-state index contributed by atoms with van der Waals surface area (Å²) in [6.07, 6.45) is 18.5. The van der Waals surface area contributed by atoms with Gasteiger partial charge in [0, 0.05) is 0 Å². The maximum absolute atomic E-state index is 10.8. The van der Waals surface area contributed by atoms with Gasteiger partial charge in [0.05, 0.1) is 6.10 Å². The van der Waals surface area contributed by atoms with Crippen molar-refractivity contribution in [3.05, 3.63) is 0 Å². The third-order valence-electron chi connectivity index (χ3n) is 12.7. The van der Waals surface area contributed by atoms with E-state index in [4.69, 9.17) is 0 Å². The molecule has 2 spiro atoms. The molecule has 31 heavy (non-hydrogen) atoms. The summed E-state index contributed by atoms with van der Waals surface area (Å²) in [6.45, 7) is 14.9. The highest BCUT2D eigenvalue weighted by molar-refractivity contribution is 5.28. The van der Waals surface area contributed by atoms with Crippen molar-refractivity contribution in [2.75, 3.05) is 0 Å². The second-order valence-electron chi connectivity index (χ2n) is 14.6. The molecule has 9 atom stereocenters. The number of hydrogen-bond acceptors (Lipinski definition) is 1. The molecule has 1 heteroatoms. The van der Waals surface area contributed by atoms with Crippen molar-refractivity contribution in [3.63, 3.8) is 0 Å². The van der Waals surface area contributed by atoms with Crippen molar-refractivity contribution in [1.29, 1.82) is 0 Å². The van der Waals surface area contributed by atoms with E-state index in [0.717, 1.165) is 41.9 Å². The molecule has 5 saturated carbocycles. The Kier molecular flexibility index (Phi) is 5.49. The maximum atomic E-state index is 10.8. The molecule has 0 aliphatic heterocycles. The molecule has 5 fully saturated rings. The molecule has 0 heterocycles.